The molecule has 1 aliphatic heterocycles. The fourth-order valence-corrected chi connectivity index (χ4v) is 1.42. The minimum absolute atomic E-state index is 0.123. The van der Waals surface area contributed by atoms with E-state index < -0.39 is 5.97 Å². The fourth-order valence-electron chi connectivity index (χ4n) is 1.42. The molecule has 0 aliphatic carbocycles. The highest BCUT2D eigenvalue weighted by Gasteiger charge is 2.21. The Bertz CT molecular complexity index is 455. The number of anilines is 1. The van der Waals surface area contributed by atoms with Gasteiger partial charge in [-0.1, -0.05) is 6.92 Å². The zero-order valence-corrected chi connectivity index (χ0v) is 8.69. The van der Waals surface area contributed by atoms with Crippen molar-refractivity contribution in [3.8, 4) is 5.75 Å². The number of carbonyl (C=O) groups is 2. The summed E-state index contributed by atoms with van der Waals surface area (Å²) in [6.07, 6.45) is 0. The van der Waals surface area contributed by atoms with Crippen LogP contribution in [0.5, 0.6) is 5.75 Å². The molecule has 0 fully saturated rings. The van der Waals surface area contributed by atoms with E-state index in [0.29, 0.717) is 11.4 Å². The van der Waals surface area contributed by atoms with Crippen molar-refractivity contribution in [2.45, 2.75) is 6.92 Å². The van der Waals surface area contributed by atoms with Gasteiger partial charge in [-0.3, -0.25) is 4.79 Å². The van der Waals surface area contributed by atoms with Crippen LogP contribution in [-0.2, 0) is 4.79 Å². The van der Waals surface area contributed by atoms with E-state index in [0.717, 1.165) is 0 Å². The molecular formula is C11H11NO4. The van der Waals surface area contributed by atoms with E-state index in [4.69, 9.17) is 9.84 Å². The molecule has 5 nitrogen and oxygen atoms in total. The van der Waals surface area contributed by atoms with Crippen molar-refractivity contribution in [2.75, 3.05) is 11.9 Å². The molecule has 0 saturated carbocycles. The topological polar surface area (TPSA) is 75.6 Å². The minimum Gasteiger partial charge on any atom is -0.491 e. The molecule has 1 heterocycles. The maximum absolute atomic E-state index is 11.5. The van der Waals surface area contributed by atoms with Gasteiger partial charge >= 0.3 is 5.97 Å². The standard InChI is InChI=1S/C11H11NO4/c1-6-5-16-9-4-7(11(14)15)2-3-8(9)12-10(6)13/h2-4,6H,5H2,1H3,(H,12,13)(H,14,15). The summed E-state index contributed by atoms with van der Waals surface area (Å²) in [7, 11) is 0. The Labute approximate surface area is 92.0 Å². The van der Waals surface area contributed by atoms with Gasteiger partial charge in [-0.25, -0.2) is 4.79 Å². The van der Waals surface area contributed by atoms with Gasteiger partial charge in [0.25, 0.3) is 0 Å². The normalized spacial score (nSPS) is 19.1. The van der Waals surface area contributed by atoms with Crippen molar-refractivity contribution >= 4 is 17.6 Å². The first-order valence-electron chi connectivity index (χ1n) is 4.89. The molecule has 5 heteroatoms. The molecule has 1 aliphatic rings. The maximum Gasteiger partial charge on any atom is 0.335 e. The molecule has 1 aromatic rings. The number of nitrogens with one attached hydrogen (secondary N) is 1. The number of amides is 1. The summed E-state index contributed by atoms with van der Waals surface area (Å²) in [5.74, 6) is -0.991. The number of benzene rings is 1. The smallest absolute Gasteiger partial charge is 0.335 e. The third kappa shape index (κ3) is 1.84. The predicted molar refractivity (Wildman–Crippen MR) is 56.7 cm³/mol. The summed E-state index contributed by atoms with van der Waals surface area (Å²) >= 11 is 0. The lowest BCUT2D eigenvalue weighted by molar-refractivity contribution is -0.119. The van der Waals surface area contributed by atoms with E-state index in [1.165, 1.54) is 18.2 Å². The summed E-state index contributed by atoms with van der Waals surface area (Å²) in [6, 6.07) is 4.38. The van der Waals surface area contributed by atoms with E-state index >= 15 is 0 Å². The van der Waals surface area contributed by atoms with Gasteiger partial charge in [-0.2, -0.15) is 0 Å². The minimum atomic E-state index is -1.02. The van der Waals surface area contributed by atoms with Crippen LogP contribution in [0, 0.1) is 5.92 Å². The molecule has 2 N–H and O–H groups in total. The Morgan fingerprint density at radius 1 is 1.56 bits per heavy atom. The van der Waals surface area contributed by atoms with E-state index in [-0.39, 0.29) is 24.0 Å². The van der Waals surface area contributed by atoms with Crippen molar-refractivity contribution in [3.05, 3.63) is 23.8 Å². The van der Waals surface area contributed by atoms with E-state index in [1.54, 1.807) is 6.92 Å². The Morgan fingerprint density at radius 2 is 2.31 bits per heavy atom. The van der Waals surface area contributed by atoms with Gasteiger partial charge in [0, 0.05) is 0 Å². The molecule has 16 heavy (non-hydrogen) atoms. The highest BCUT2D eigenvalue weighted by molar-refractivity contribution is 5.96. The highest BCUT2D eigenvalue weighted by Crippen LogP contribution is 2.29. The number of hydrogen-bond acceptors (Lipinski definition) is 3. The Morgan fingerprint density at radius 3 is 3.00 bits per heavy atom. The molecule has 1 unspecified atom stereocenters. The lowest BCUT2D eigenvalue weighted by atomic mass is 10.2. The van der Waals surface area contributed by atoms with Crippen molar-refractivity contribution in [2.24, 2.45) is 5.92 Å². The lowest BCUT2D eigenvalue weighted by Gasteiger charge is -2.07. The third-order valence-corrected chi connectivity index (χ3v) is 2.42. The Kier molecular flexibility index (Phi) is 2.52. The maximum atomic E-state index is 11.5. The largest absolute Gasteiger partial charge is 0.491 e. The van der Waals surface area contributed by atoms with Gasteiger partial charge in [0.05, 0.1) is 23.8 Å². The van der Waals surface area contributed by atoms with Crippen LogP contribution >= 0.6 is 0 Å². The second-order valence-corrected chi connectivity index (χ2v) is 3.72. The van der Waals surface area contributed by atoms with Crippen LogP contribution in [-0.4, -0.2) is 23.6 Å². The van der Waals surface area contributed by atoms with Crippen LogP contribution in [0.4, 0.5) is 5.69 Å². The van der Waals surface area contributed by atoms with Crippen LogP contribution in [0.25, 0.3) is 0 Å². The molecule has 0 radical (unpaired) electrons. The number of carboxylic acids is 1. The molecule has 2 rings (SSSR count). The van der Waals surface area contributed by atoms with Gasteiger partial charge in [0.1, 0.15) is 5.75 Å². The number of aromatic carboxylic acids is 1. The molecule has 1 amide bonds. The average Bonchev–Trinajstić information content (AvgIpc) is 2.39. The summed E-state index contributed by atoms with van der Waals surface area (Å²) in [5.41, 5.74) is 0.655. The lowest BCUT2D eigenvalue weighted by Crippen LogP contribution is -2.21. The quantitative estimate of drug-likeness (QED) is 0.750. The zero-order chi connectivity index (χ0) is 11.7. The number of fused-ring (bicyclic) bond motifs is 1. The number of rotatable bonds is 1. The van der Waals surface area contributed by atoms with Gasteiger partial charge in [-0.05, 0) is 18.2 Å². The summed E-state index contributed by atoms with van der Waals surface area (Å²) in [6.45, 7) is 2.00. The van der Waals surface area contributed by atoms with Crippen LogP contribution < -0.4 is 10.1 Å². The molecular weight excluding hydrogens is 210 g/mol. The second kappa shape index (κ2) is 3.84. The van der Waals surface area contributed by atoms with E-state index in [1.807, 2.05) is 0 Å². The number of carboxylic acid groups (broad SMARTS) is 1. The molecule has 0 bridgehead atoms. The Hall–Kier alpha value is -2.04. The number of carbonyl (C=O) groups excluding carboxylic acids is 1. The Balaban J connectivity index is 2.38. The number of ether oxygens (including phenoxy) is 1. The molecule has 0 spiro atoms. The first-order chi connectivity index (χ1) is 7.58. The number of hydrogen-bond donors (Lipinski definition) is 2. The first-order valence-corrected chi connectivity index (χ1v) is 4.89. The van der Waals surface area contributed by atoms with Gasteiger partial charge in [-0.15, -0.1) is 0 Å². The molecule has 0 aromatic heterocycles. The monoisotopic (exact) mass is 221 g/mol. The molecule has 1 atom stereocenters. The van der Waals surface area contributed by atoms with Crippen LogP contribution in [0.1, 0.15) is 17.3 Å². The van der Waals surface area contributed by atoms with Gasteiger partial charge in [0.2, 0.25) is 5.91 Å². The van der Waals surface area contributed by atoms with Crippen LogP contribution in [0.15, 0.2) is 18.2 Å². The fraction of sp³-hybridized carbons (Fsp3) is 0.273. The predicted octanol–water partition coefficient (Wildman–Crippen LogP) is 1.35. The SMILES string of the molecule is CC1COc2cc(C(=O)O)ccc2NC1=O. The van der Waals surface area contributed by atoms with Crippen molar-refractivity contribution < 1.29 is 19.4 Å². The van der Waals surface area contributed by atoms with Crippen molar-refractivity contribution in [3.63, 3.8) is 0 Å². The van der Waals surface area contributed by atoms with Crippen molar-refractivity contribution in [1.29, 1.82) is 0 Å². The van der Waals surface area contributed by atoms with Gasteiger partial charge < -0.3 is 15.2 Å². The zero-order valence-electron chi connectivity index (χ0n) is 8.69. The molecule has 0 saturated heterocycles. The molecule has 84 valence electrons. The summed E-state index contributed by atoms with van der Waals surface area (Å²) in [4.78, 5) is 22.2. The summed E-state index contributed by atoms with van der Waals surface area (Å²) in [5, 5.41) is 11.5. The van der Waals surface area contributed by atoms with E-state index in [2.05, 4.69) is 5.32 Å². The van der Waals surface area contributed by atoms with Crippen LogP contribution in [0.3, 0.4) is 0 Å². The van der Waals surface area contributed by atoms with Crippen LogP contribution in [0.2, 0.25) is 0 Å². The van der Waals surface area contributed by atoms with Gasteiger partial charge in [0.15, 0.2) is 0 Å². The average molecular weight is 221 g/mol. The molecule has 1 aromatic carbocycles. The highest BCUT2D eigenvalue weighted by atomic mass is 16.5. The van der Waals surface area contributed by atoms with Crippen molar-refractivity contribution in [1.82, 2.24) is 0 Å². The first kappa shape index (κ1) is 10.5. The van der Waals surface area contributed by atoms with E-state index in [9.17, 15) is 9.59 Å². The summed E-state index contributed by atoms with van der Waals surface area (Å²) < 4.78 is 5.38. The third-order valence-electron chi connectivity index (χ3n) is 2.42. The second-order valence-electron chi connectivity index (χ2n) is 3.72.